The highest BCUT2D eigenvalue weighted by Gasteiger charge is 2.33. The first-order valence-corrected chi connectivity index (χ1v) is 8.04. The number of rotatable bonds is 2. The van der Waals surface area contributed by atoms with Crippen molar-refractivity contribution < 1.29 is 13.9 Å². The van der Waals surface area contributed by atoms with Crippen molar-refractivity contribution in [3.63, 3.8) is 0 Å². The van der Waals surface area contributed by atoms with Gasteiger partial charge in [-0.05, 0) is 36.8 Å². The van der Waals surface area contributed by atoms with E-state index in [4.69, 9.17) is 5.41 Å². The molecular weight excluding hydrogens is 338 g/mol. The summed E-state index contributed by atoms with van der Waals surface area (Å²) < 4.78 is 29.1. The smallest absolute Gasteiger partial charge is 0.149 e. The van der Waals surface area contributed by atoms with Crippen LogP contribution in [0, 0.1) is 24.0 Å². The van der Waals surface area contributed by atoms with Gasteiger partial charge in [0.25, 0.3) is 0 Å². The van der Waals surface area contributed by atoms with Crippen LogP contribution < -0.4 is 4.90 Å². The van der Waals surface area contributed by atoms with Crippen LogP contribution >= 0.6 is 0 Å². The van der Waals surface area contributed by atoms with E-state index in [1.54, 1.807) is 11.6 Å². The fourth-order valence-electron chi connectivity index (χ4n) is 3.25. The molecule has 0 radical (unpaired) electrons. The van der Waals surface area contributed by atoms with Crippen molar-refractivity contribution in [2.75, 3.05) is 11.4 Å². The molecule has 1 aliphatic rings. The molecule has 0 fully saturated rings. The maximum atomic E-state index is 14.1. The summed E-state index contributed by atoms with van der Waals surface area (Å²) in [5.74, 6) is -1.21. The summed E-state index contributed by atoms with van der Waals surface area (Å²) in [4.78, 5) is 5.84. The Morgan fingerprint density at radius 1 is 1.15 bits per heavy atom. The molecule has 0 saturated heterocycles. The zero-order valence-electron chi connectivity index (χ0n) is 14.2. The van der Waals surface area contributed by atoms with E-state index in [0.29, 0.717) is 5.82 Å². The van der Waals surface area contributed by atoms with Gasteiger partial charge in [0, 0.05) is 13.1 Å². The Kier molecular flexibility index (Phi) is 3.54. The first kappa shape index (κ1) is 16.3. The Balaban J connectivity index is 1.79. The number of aromatic nitrogens is 2. The van der Waals surface area contributed by atoms with Gasteiger partial charge in [0.05, 0.1) is 28.8 Å². The van der Waals surface area contributed by atoms with Crippen molar-refractivity contribution in [3.05, 3.63) is 65.2 Å². The molecule has 0 atom stereocenters. The molecule has 5 nitrogen and oxygen atoms in total. The molecule has 0 aliphatic carbocycles. The number of fused-ring (bicyclic) bond motifs is 1. The second-order valence-electron chi connectivity index (χ2n) is 6.34. The summed E-state index contributed by atoms with van der Waals surface area (Å²) in [6.45, 7) is 1.89. The zero-order valence-corrected chi connectivity index (χ0v) is 14.2. The van der Waals surface area contributed by atoms with Gasteiger partial charge in [0.1, 0.15) is 29.1 Å². The number of hydrogen-bond donors (Lipinski definition) is 2. The number of imidazole rings is 1. The monoisotopic (exact) mass is 354 g/mol. The number of nitrogens with one attached hydrogen (secondary N) is 1. The van der Waals surface area contributed by atoms with Gasteiger partial charge in [-0.25, -0.2) is 13.8 Å². The van der Waals surface area contributed by atoms with Crippen LogP contribution in [0.3, 0.4) is 0 Å². The van der Waals surface area contributed by atoms with E-state index in [-0.39, 0.29) is 29.4 Å². The number of nitrogens with zero attached hydrogens (tertiary/aromatic N) is 3. The fraction of sp³-hybridized carbons (Fsp3) is 0.158. The summed E-state index contributed by atoms with van der Waals surface area (Å²) >= 11 is 0. The van der Waals surface area contributed by atoms with Crippen LogP contribution in [0.5, 0.6) is 0 Å². The number of halogens is 2. The predicted molar refractivity (Wildman–Crippen MR) is 96.4 cm³/mol. The lowest BCUT2D eigenvalue weighted by Gasteiger charge is -2.19. The third-order valence-corrected chi connectivity index (χ3v) is 4.56. The van der Waals surface area contributed by atoms with Crippen molar-refractivity contribution in [2.24, 2.45) is 7.05 Å². The highest BCUT2D eigenvalue weighted by Crippen LogP contribution is 2.33. The molecule has 0 amide bonds. The number of anilines is 1. The molecule has 1 aliphatic heterocycles. The molecule has 2 heterocycles. The van der Waals surface area contributed by atoms with Crippen molar-refractivity contribution in [3.8, 4) is 0 Å². The highest BCUT2D eigenvalue weighted by atomic mass is 19.1. The second kappa shape index (κ2) is 5.66. The maximum Gasteiger partial charge on any atom is 0.149 e. The molecule has 26 heavy (non-hydrogen) atoms. The number of hydrogen-bond acceptors (Lipinski definition) is 3. The average molecular weight is 354 g/mol. The molecule has 0 bridgehead atoms. The van der Waals surface area contributed by atoms with Gasteiger partial charge in [-0.2, -0.15) is 0 Å². The normalized spacial score (nSPS) is 14.8. The SMILES string of the molecule is Cc1ccc2c(c1)nc(C1=C(O)CN(c3ccc(F)cc3F)C1=N)n2C. The van der Waals surface area contributed by atoms with Crippen molar-refractivity contribution in [1.29, 1.82) is 5.41 Å². The van der Waals surface area contributed by atoms with Gasteiger partial charge in [-0.3, -0.25) is 5.41 Å². The van der Waals surface area contributed by atoms with E-state index in [0.717, 1.165) is 28.7 Å². The number of aliphatic hydroxyl groups is 1. The van der Waals surface area contributed by atoms with Crippen LogP contribution in [-0.2, 0) is 7.05 Å². The average Bonchev–Trinajstić information content (AvgIpc) is 3.04. The van der Waals surface area contributed by atoms with Crippen molar-refractivity contribution >= 4 is 28.1 Å². The van der Waals surface area contributed by atoms with Crippen LogP contribution in [0.2, 0.25) is 0 Å². The molecule has 2 N–H and O–H groups in total. The largest absolute Gasteiger partial charge is 0.509 e. The molecule has 1 aromatic heterocycles. The Morgan fingerprint density at radius 2 is 1.92 bits per heavy atom. The van der Waals surface area contributed by atoms with E-state index < -0.39 is 11.6 Å². The summed E-state index contributed by atoms with van der Waals surface area (Å²) in [5, 5.41) is 18.9. The lowest BCUT2D eigenvalue weighted by Crippen LogP contribution is -2.27. The topological polar surface area (TPSA) is 65.1 Å². The third-order valence-electron chi connectivity index (χ3n) is 4.56. The lowest BCUT2D eigenvalue weighted by atomic mass is 10.2. The zero-order chi connectivity index (χ0) is 18.6. The summed E-state index contributed by atoms with van der Waals surface area (Å²) in [7, 11) is 1.80. The second-order valence-corrected chi connectivity index (χ2v) is 6.34. The fourth-order valence-corrected chi connectivity index (χ4v) is 3.25. The Morgan fingerprint density at radius 3 is 2.65 bits per heavy atom. The van der Waals surface area contributed by atoms with Crippen molar-refractivity contribution in [2.45, 2.75) is 6.92 Å². The van der Waals surface area contributed by atoms with E-state index >= 15 is 0 Å². The Bertz CT molecular complexity index is 1100. The molecule has 3 aromatic rings. The van der Waals surface area contributed by atoms with Gasteiger partial charge < -0.3 is 14.6 Å². The van der Waals surface area contributed by atoms with Crippen LogP contribution in [0.4, 0.5) is 14.5 Å². The van der Waals surface area contributed by atoms with Gasteiger partial charge in [0.2, 0.25) is 0 Å². The van der Waals surface area contributed by atoms with Crippen LogP contribution in [-0.4, -0.2) is 27.0 Å². The summed E-state index contributed by atoms with van der Waals surface area (Å²) in [6, 6.07) is 8.95. The minimum absolute atomic E-state index is 0.0348. The van der Waals surface area contributed by atoms with E-state index in [1.807, 2.05) is 25.1 Å². The first-order valence-electron chi connectivity index (χ1n) is 8.04. The summed E-state index contributed by atoms with van der Waals surface area (Å²) in [6.07, 6.45) is 0. The van der Waals surface area contributed by atoms with Crippen LogP contribution in [0.15, 0.2) is 42.2 Å². The van der Waals surface area contributed by atoms with E-state index in [1.165, 1.54) is 11.0 Å². The highest BCUT2D eigenvalue weighted by molar-refractivity contribution is 6.30. The first-order chi connectivity index (χ1) is 12.4. The molecule has 7 heteroatoms. The van der Waals surface area contributed by atoms with Gasteiger partial charge >= 0.3 is 0 Å². The summed E-state index contributed by atoms with van der Waals surface area (Å²) in [5.41, 5.74) is 2.95. The predicted octanol–water partition coefficient (Wildman–Crippen LogP) is 3.93. The van der Waals surface area contributed by atoms with Crippen molar-refractivity contribution in [1.82, 2.24) is 9.55 Å². The van der Waals surface area contributed by atoms with E-state index in [2.05, 4.69) is 4.98 Å². The van der Waals surface area contributed by atoms with Gasteiger partial charge in [-0.1, -0.05) is 6.07 Å². The number of aryl methyl sites for hydroxylation is 2. The molecular formula is C19H16F2N4O. The Hall–Kier alpha value is -3.22. The number of amidine groups is 1. The maximum absolute atomic E-state index is 14.1. The number of benzene rings is 2. The molecule has 132 valence electrons. The standard InChI is InChI=1S/C19H16F2N4O/c1-10-3-5-15-13(7-10)23-19(24(15)2)17-16(26)9-25(18(17)22)14-6-4-11(20)8-12(14)21/h3-8,22,26H,9H2,1-2H3. The quantitative estimate of drug-likeness (QED) is 0.733. The van der Waals surface area contributed by atoms with Crippen LogP contribution in [0.25, 0.3) is 16.6 Å². The minimum atomic E-state index is -0.788. The molecule has 2 aromatic carbocycles. The van der Waals surface area contributed by atoms with Gasteiger partial charge in [0.15, 0.2) is 0 Å². The van der Waals surface area contributed by atoms with E-state index in [9.17, 15) is 13.9 Å². The molecule has 0 saturated carbocycles. The Labute approximate surface area is 148 Å². The molecule has 0 spiro atoms. The minimum Gasteiger partial charge on any atom is -0.509 e. The lowest BCUT2D eigenvalue weighted by molar-refractivity contribution is 0.411. The number of aliphatic hydroxyl groups excluding tert-OH is 1. The molecule has 4 rings (SSSR count). The van der Waals surface area contributed by atoms with Crippen LogP contribution in [0.1, 0.15) is 11.4 Å². The third kappa shape index (κ3) is 2.35. The molecule has 0 unspecified atom stereocenters. The van der Waals surface area contributed by atoms with Gasteiger partial charge in [-0.15, -0.1) is 0 Å².